The molecule has 2 unspecified atom stereocenters. The molecule has 1 aliphatic heterocycles. The summed E-state index contributed by atoms with van der Waals surface area (Å²) in [7, 11) is 0. The molecule has 0 amide bonds. The SMILES string of the molecule is CCC(C)(N)c1noc(C2CCCCS2)n1. The van der Waals surface area contributed by atoms with Crippen LogP contribution in [0.4, 0.5) is 0 Å². The normalized spacial score (nSPS) is 25.3. The van der Waals surface area contributed by atoms with E-state index in [1.54, 1.807) is 0 Å². The van der Waals surface area contributed by atoms with Crippen molar-refractivity contribution in [1.82, 2.24) is 10.1 Å². The van der Waals surface area contributed by atoms with Gasteiger partial charge in [0.1, 0.15) is 0 Å². The third kappa shape index (κ3) is 2.40. The minimum atomic E-state index is -0.471. The van der Waals surface area contributed by atoms with E-state index in [-0.39, 0.29) is 0 Å². The first-order valence-electron chi connectivity index (χ1n) is 5.88. The molecule has 4 nitrogen and oxygen atoms in total. The molecule has 1 aliphatic rings. The Labute approximate surface area is 100 Å². The van der Waals surface area contributed by atoms with Crippen molar-refractivity contribution in [3.63, 3.8) is 0 Å². The van der Waals surface area contributed by atoms with Crippen LogP contribution in [0.25, 0.3) is 0 Å². The van der Waals surface area contributed by atoms with Crippen LogP contribution in [0.15, 0.2) is 4.52 Å². The Kier molecular flexibility index (Phi) is 3.54. The molecule has 2 heterocycles. The highest BCUT2D eigenvalue weighted by molar-refractivity contribution is 7.99. The molecule has 0 spiro atoms. The molecule has 1 aromatic rings. The van der Waals surface area contributed by atoms with E-state index in [0.29, 0.717) is 11.1 Å². The van der Waals surface area contributed by atoms with E-state index in [1.165, 1.54) is 18.6 Å². The molecule has 0 bridgehead atoms. The van der Waals surface area contributed by atoms with Gasteiger partial charge in [-0.3, -0.25) is 0 Å². The Hall–Kier alpha value is -0.550. The molecule has 2 atom stereocenters. The van der Waals surface area contributed by atoms with E-state index >= 15 is 0 Å². The first-order chi connectivity index (χ1) is 7.63. The second kappa shape index (κ2) is 4.75. The monoisotopic (exact) mass is 241 g/mol. The number of nitrogens with two attached hydrogens (primary N) is 1. The molecule has 1 saturated heterocycles. The molecule has 0 saturated carbocycles. The molecule has 1 fully saturated rings. The molecule has 90 valence electrons. The highest BCUT2D eigenvalue weighted by atomic mass is 32.2. The Morgan fingerprint density at radius 1 is 1.56 bits per heavy atom. The third-order valence-corrected chi connectivity index (χ3v) is 4.51. The fraction of sp³-hybridized carbons (Fsp3) is 0.818. The topological polar surface area (TPSA) is 64.9 Å². The van der Waals surface area contributed by atoms with Crippen molar-refractivity contribution < 1.29 is 4.52 Å². The van der Waals surface area contributed by atoms with E-state index in [1.807, 2.05) is 25.6 Å². The van der Waals surface area contributed by atoms with Gasteiger partial charge in [0.2, 0.25) is 5.89 Å². The lowest BCUT2D eigenvalue weighted by Gasteiger charge is -2.18. The average Bonchev–Trinajstić information content (AvgIpc) is 2.80. The summed E-state index contributed by atoms with van der Waals surface area (Å²) in [6.45, 7) is 3.97. The Bertz CT molecular complexity index is 345. The van der Waals surface area contributed by atoms with Gasteiger partial charge in [-0.1, -0.05) is 18.5 Å². The highest BCUT2D eigenvalue weighted by Gasteiger charge is 2.28. The second-order valence-corrected chi connectivity index (χ2v) is 5.89. The van der Waals surface area contributed by atoms with Gasteiger partial charge in [-0.15, -0.1) is 11.8 Å². The van der Waals surface area contributed by atoms with Crippen molar-refractivity contribution in [3.8, 4) is 0 Å². The standard InChI is InChI=1S/C11H19N3OS/c1-3-11(2,12)10-13-9(15-14-10)8-6-4-5-7-16-8/h8H,3-7,12H2,1-2H3. The number of hydrogen-bond donors (Lipinski definition) is 1. The van der Waals surface area contributed by atoms with Gasteiger partial charge in [-0.2, -0.15) is 4.98 Å². The van der Waals surface area contributed by atoms with Crippen molar-refractivity contribution in [1.29, 1.82) is 0 Å². The predicted octanol–water partition coefficient (Wildman–Crippen LogP) is 2.61. The summed E-state index contributed by atoms with van der Waals surface area (Å²) in [5.74, 6) is 2.58. The molecule has 0 radical (unpaired) electrons. The molecule has 0 aliphatic carbocycles. The predicted molar refractivity (Wildman–Crippen MR) is 65.2 cm³/mol. The van der Waals surface area contributed by atoms with Crippen LogP contribution in [0.3, 0.4) is 0 Å². The van der Waals surface area contributed by atoms with Gasteiger partial charge in [0, 0.05) is 0 Å². The minimum Gasteiger partial charge on any atom is -0.338 e. The van der Waals surface area contributed by atoms with Crippen molar-refractivity contribution in [3.05, 3.63) is 11.7 Å². The smallest absolute Gasteiger partial charge is 0.239 e. The minimum absolute atomic E-state index is 0.377. The van der Waals surface area contributed by atoms with Gasteiger partial charge >= 0.3 is 0 Å². The third-order valence-electron chi connectivity index (χ3n) is 3.14. The fourth-order valence-electron chi connectivity index (χ4n) is 1.69. The maximum Gasteiger partial charge on any atom is 0.239 e. The summed E-state index contributed by atoms with van der Waals surface area (Å²) < 4.78 is 5.33. The number of rotatable bonds is 3. The average molecular weight is 241 g/mol. The Morgan fingerprint density at radius 3 is 3.00 bits per heavy atom. The summed E-state index contributed by atoms with van der Waals surface area (Å²) in [4.78, 5) is 4.45. The number of aromatic nitrogens is 2. The Morgan fingerprint density at radius 2 is 2.38 bits per heavy atom. The van der Waals surface area contributed by atoms with Gasteiger partial charge in [-0.25, -0.2) is 0 Å². The molecular weight excluding hydrogens is 222 g/mol. The van der Waals surface area contributed by atoms with Gasteiger partial charge < -0.3 is 10.3 Å². The Balaban J connectivity index is 2.12. The van der Waals surface area contributed by atoms with Crippen molar-refractivity contribution in [2.24, 2.45) is 5.73 Å². The molecule has 5 heteroatoms. The number of hydrogen-bond acceptors (Lipinski definition) is 5. The van der Waals surface area contributed by atoms with Crippen LogP contribution in [-0.4, -0.2) is 15.9 Å². The maximum atomic E-state index is 6.09. The maximum absolute atomic E-state index is 6.09. The van der Waals surface area contributed by atoms with Gasteiger partial charge in [0.25, 0.3) is 0 Å². The molecule has 16 heavy (non-hydrogen) atoms. The number of thioether (sulfide) groups is 1. The van der Waals surface area contributed by atoms with Gasteiger partial charge in [0.05, 0.1) is 10.8 Å². The van der Waals surface area contributed by atoms with Crippen LogP contribution in [0.1, 0.15) is 56.5 Å². The van der Waals surface area contributed by atoms with Gasteiger partial charge in [-0.05, 0) is 31.9 Å². The van der Waals surface area contributed by atoms with E-state index in [4.69, 9.17) is 10.3 Å². The van der Waals surface area contributed by atoms with Crippen LogP contribution in [-0.2, 0) is 5.54 Å². The lowest BCUT2D eigenvalue weighted by atomic mass is 10.0. The van der Waals surface area contributed by atoms with E-state index < -0.39 is 5.54 Å². The first-order valence-corrected chi connectivity index (χ1v) is 6.93. The second-order valence-electron chi connectivity index (χ2n) is 4.58. The molecule has 0 aromatic carbocycles. The van der Waals surface area contributed by atoms with Crippen molar-refractivity contribution in [2.75, 3.05) is 5.75 Å². The largest absolute Gasteiger partial charge is 0.338 e. The molecule has 2 rings (SSSR count). The summed E-state index contributed by atoms with van der Waals surface area (Å²) in [5.41, 5.74) is 5.62. The lowest BCUT2D eigenvalue weighted by molar-refractivity contribution is 0.347. The quantitative estimate of drug-likeness (QED) is 0.881. The van der Waals surface area contributed by atoms with Crippen molar-refractivity contribution in [2.45, 2.75) is 50.3 Å². The summed E-state index contributed by atoms with van der Waals surface area (Å²) in [6.07, 6.45) is 4.50. The summed E-state index contributed by atoms with van der Waals surface area (Å²) in [5, 5.41) is 4.39. The molecule has 1 aromatic heterocycles. The van der Waals surface area contributed by atoms with Crippen LogP contribution < -0.4 is 5.73 Å². The zero-order valence-electron chi connectivity index (χ0n) is 9.90. The zero-order valence-corrected chi connectivity index (χ0v) is 10.7. The zero-order chi connectivity index (χ0) is 11.6. The van der Waals surface area contributed by atoms with E-state index in [0.717, 1.165) is 18.7 Å². The van der Waals surface area contributed by atoms with Crippen LogP contribution in [0, 0.1) is 0 Å². The van der Waals surface area contributed by atoms with E-state index in [2.05, 4.69) is 10.1 Å². The fourth-order valence-corrected chi connectivity index (χ4v) is 2.92. The molecular formula is C11H19N3OS. The van der Waals surface area contributed by atoms with E-state index in [9.17, 15) is 0 Å². The summed E-state index contributed by atoms with van der Waals surface area (Å²) >= 11 is 1.91. The van der Waals surface area contributed by atoms with Crippen molar-refractivity contribution >= 4 is 11.8 Å². The number of nitrogens with zero attached hydrogens (tertiary/aromatic N) is 2. The molecule has 2 N–H and O–H groups in total. The van der Waals surface area contributed by atoms with Crippen LogP contribution in [0.2, 0.25) is 0 Å². The summed E-state index contributed by atoms with van der Waals surface area (Å²) in [6, 6.07) is 0. The van der Waals surface area contributed by atoms with Gasteiger partial charge in [0.15, 0.2) is 5.82 Å². The highest BCUT2D eigenvalue weighted by Crippen LogP contribution is 2.37. The van der Waals surface area contributed by atoms with Crippen LogP contribution >= 0.6 is 11.8 Å². The van der Waals surface area contributed by atoms with Crippen LogP contribution in [0.5, 0.6) is 0 Å². The first kappa shape index (κ1) is 11.9. The lowest BCUT2D eigenvalue weighted by Crippen LogP contribution is -2.33.